The standard InChI is InChI=1S/C26H23ClN4O5/c1-16-4-5-17(2)25(10-16)36-22-13-19(12-20(14-22)31(33)34)28-26(32)24-8-9-30(29-24)15-35-21-6-7-23(27)18(3)11-21/h4-14H,15H2,1-3H3,(H,28,32). The van der Waals surface area contributed by atoms with Gasteiger partial charge in [0.1, 0.15) is 17.2 Å². The third-order valence-corrected chi connectivity index (χ3v) is 5.72. The largest absolute Gasteiger partial charge is 0.471 e. The highest BCUT2D eigenvalue weighted by Gasteiger charge is 2.16. The summed E-state index contributed by atoms with van der Waals surface area (Å²) in [5.74, 6) is 0.883. The molecule has 0 bridgehead atoms. The van der Waals surface area contributed by atoms with Gasteiger partial charge in [0.05, 0.1) is 16.7 Å². The maximum atomic E-state index is 12.8. The smallest absolute Gasteiger partial charge is 0.276 e. The Balaban J connectivity index is 1.48. The van der Waals surface area contributed by atoms with Crippen molar-refractivity contribution in [3.05, 3.63) is 104 Å². The summed E-state index contributed by atoms with van der Waals surface area (Å²) in [6.45, 7) is 5.76. The normalized spacial score (nSPS) is 10.7. The third-order valence-electron chi connectivity index (χ3n) is 5.30. The first-order chi connectivity index (χ1) is 17.2. The molecule has 0 aliphatic rings. The molecule has 184 valence electrons. The van der Waals surface area contributed by atoms with Gasteiger partial charge in [-0.25, -0.2) is 4.68 Å². The maximum Gasteiger partial charge on any atom is 0.276 e. The molecule has 0 aliphatic carbocycles. The summed E-state index contributed by atoms with van der Waals surface area (Å²) in [7, 11) is 0. The van der Waals surface area contributed by atoms with Gasteiger partial charge in [0.25, 0.3) is 11.6 Å². The average molecular weight is 507 g/mol. The topological polar surface area (TPSA) is 109 Å². The summed E-state index contributed by atoms with van der Waals surface area (Å²) in [5, 5.41) is 19.0. The zero-order valence-electron chi connectivity index (χ0n) is 19.8. The molecule has 0 atom stereocenters. The minimum atomic E-state index is -0.545. The number of halogens is 1. The summed E-state index contributed by atoms with van der Waals surface area (Å²) >= 11 is 6.03. The molecule has 0 aliphatic heterocycles. The highest BCUT2D eigenvalue weighted by atomic mass is 35.5. The number of anilines is 1. The molecule has 4 aromatic rings. The van der Waals surface area contributed by atoms with Crippen LogP contribution >= 0.6 is 11.6 Å². The van der Waals surface area contributed by atoms with Gasteiger partial charge in [-0.15, -0.1) is 0 Å². The van der Waals surface area contributed by atoms with Crippen molar-refractivity contribution >= 4 is 28.9 Å². The van der Waals surface area contributed by atoms with Crippen LogP contribution in [-0.2, 0) is 6.73 Å². The van der Waals surface area contributed by atoms with E-state index in [2.05, 4.69) is 10.4 Å². The van der Waals surface area contributed by atoms with Crippen LogP contribution < -0.4 is 14.8 Å². The number of benzene rings is 3. The lowest BCUT2D eigenvalue weighted by Gasteiger charge is -2.11. The van der Waals surface area contributed by atoms with Crippen LogP contribution in [0.4, 0.5) is 11.4 Å². The van der Waals surface area contributed by atoms with Gasteiger partial charge in [-0.1, -0.05) is 23.7 Å². The van der Waals surface area contributed by atoms with Crippen molar-refractivity contribution in [2.24, 2.45) is 0 Å². The van der Waals surface area contributed by atoms with E-state index in [1.54, 1.807) is 24.4 Å². The van der Waals surface area contributed by atoms with Gasteiger partial charge in [0.2, 0.25) is 0 Å². The number of hydrogen-bond donors (Lipinski definition) is 1. The summed E-state index contributed by atoms with van der Waals surface area (Å²) in [6.07, 6.45) is 1.60. The van der Waals surface area contributed by atoms with Crippen molar-refractivity contribution in [1.29, 1.82) is 0 Å². The number of carbonyl (C=O) groups excluding carboxylic acids is 1. The van der Waals surface area contributed by atoms with Crippen molar-refractivity contribution in [1.82, 2.24) is 9.78 Å². The minimum absolute atomic E-state index is 0.0823. The zero-order chi connectivity index (χ0) is 25.8. The number of nitro benzene ring substituents is 1. The molecule has 36 heavy (non-hydrogen) atoms. The van der Waals surface area contributed by atoms with Crippen molar-refractivity contribution < 1.29 is 19.2 Å². The fraction of sp³-hybridized carbons (Fsp3) is 0.154. The van der Waals surface area contributed by atoms with Gasteiger partial charge >= 0.3 is 0 Å². The van der Waals surface area contributed by atoms with E-state index in [0.717, 1.165) is 16.7 Å². The van der Waals surface area contributed by atoms with Gasteiger partial charge in [0, 0.05) is 23.4 Å². The van der Waals surface area contributed by atoms with E-state index in [0.29, 0.717) is 16.5 Å². The number of non-ortho nitro benzene ring substituents is 1. The molecule has 0 unspecified atom stereocenters. The molecule has 1 amide bonds. The van der Waals surface area contributed by atoms with Crippen LogP contribution in [0.25, 0.3) is 0 Å². The monoisotopic (exact) mass is 506 g/mol. The molecule has 10 heteroatoms. The van der Waals surface area contributed by atoms with Gasteiger partial charge < -0.3 is 14.8 Å². The van der Waals surface area contributed by atoms with E-state index in [4.69, 9.17) is 21.1 Å². The second-order valence-corrected chi connectivity index (χ2v) is 8.63. The lowest BCUT2D eigenvalue weighted by atomic mass is 10.1. The fourth-order valence-corrected chi connectivity index (χ4v) is 3.48. The predicted molar refractivity (Wildman–Crippen MR) is 136 cm³/mol. The maximum absolute atomic E-state index is 12.8. The molecule has 9 nitrogen and oxygen atoms in total. The van der Waals surface area contributed by atoms with Gasteiger partial charge in [-0.05, 0) is 67.8 Å². The molecule has 1 heterocycles. The van der Waals surface area contributed by atoms with E-state index in [9.17, 15) is 14.9 Å². The molecule has 0 spiro atoms. The number of carbonyl (C=O) groups is 1. The van der Waals surface area contributed by atoms with Crippen LogP contribution in [0.1, 0.15) is 27.2 Å². The van der Waals surface area contributed by atoms with Crippen LogP contribution in [0.3, 0.4) is 0 Å². The Hall–Kier alpha value is -4.37. The predicted octanol–water partition coefficient (Wildman–Crippen LogP) is 6.45. The van der Waals surface area contributed by atoms with Crippen molar-refractivity contribution in [3.8, 4) is 17.2 Å². The minimum Gasteiger partial charge on any atom is -0.471 e. The first-order valence-electron chi connectivity index (χ1n) is 11.0. The number of nitrogens with zero attached hydrogens (tertiary/aromatic N) is 3. The Morgan fingerprint density at radius 1 is 1.03 bits per heavy atom. The Morgan fingerprint density at radius 2 is 1.83 bits per heavy atom. The van der Waals surface area contributed by atoms with Crippen molar-refractivity contribution in [2.45, 2.75) is 27.5 Å². The molecule has 0 fully saturated rings. The number of nitrogens with one attached hydrogen (secondary N) is 1. The van der Waals surface area contributed by atoms with Crippen molar-refractivity contribution in [3.63, 3.8) is 0 Å². The summed E-state index contributed by atoms with van der Waals surface area (Å²) in [4.78, 5) is 23.7. The SMILES string of the molecule is Cc1ccc(C)c(Oc2cc(NC(=O)c3ccn(COc4ccc(Cl)c(C)c4)n3)cc([N+](=O)[O-])c2)c1. The van der Waals surface area contributed by atoms with E-state index in [-0.39, 0.29) is 29.5 Å². The zero-order valence-corrected chi connectivity index (χ0v) is 20.6. The van der Waals surface area contributed by atoms with Crippen LogP contribution in [0.5, 0.6) is 17.2 Å². The molecule has 0 saturated heterocycles. The van der Waals surface area contributed by atoms with E-state index in [1.807, 2.05) is 39.0 Å². The Bertz CT molecular complexity index is 1450. The number of aryl methyl sites for hydroxylation is 3. The average Bonchev–Trinajstić information content (AvgIpc) is 3.31. The quantitative estimate of drug-likeness (QED) is 0.217. The molecule has 0 saturated carbocycles. The Labute approximate surface area is 212 Å². The summed E-state index contributed by atoms with van der Waals surface area (Å²) in [6, 6.07) is 16.6. The lowest BCUT2D eigenvalue weighted by Crippen LogP contribution is -2.14. The first kappa shape index (κ1) is 24.7. The summed E-state index contributed by atoms with van der Waals surface area (Å²) in [5.41, 5.74) is 2.85. The molecule has 0 radical (unpaired) electrons. The molecule has 4 rings (SSSR count). The molecule has 3 aromatic carbocycles. The van der Waals surface area contributed by atoms with Crippen LogP contribution in [0.2, 0.25) is 5.02 Å². The van der Waals surface area contributed by atoms with Crippen molar-refractivity contribution in [2.75, 3.05) is 5.32 Å². The summed E-state index contributed by atoms with van der Waals surface area (Å²) < 4.78 is 13.1. The highest BCUT2D eigenvalue weighted by molar-refractivity contribution is 6.31. The van der Waals surface area contributed by atoms with E-state index >= 15 is 0 Å². The number of ether oxygens (including phenoxy) is 2. The molecule has 1 N–H and O–H groups in total. The first-order valence-corrected chi connectivity index (χ1v) is 11.3. The van der Waals surface area contributed by atoms with Crippen LogP contribution in [0, 0.1) is 30.9 Å². The molecular weight excluding hydrogens is 484 g/mol. The fourth-order valence-electron chi connectivity index (χ4n) is 3.36. The Kier molecular flexibility index (Phi) is 7.21. The number of rotatable bonds is 8. The van der Waals surface area contributed by atoms with E-state index < -0.39 is 10.8 Å². The second-order valence-electron chi connectivity index (χ2n) is 8.22. The highest BCUT2D eigenvalue weighted by Crippen LogP contribution is 2.32. The Morgan fingerprint density at radius 3 is 2.58 bits per heavy atom. The van der Waals surface area contributed by atoms with Crippen LogP contribution in [0.15, 0.2) is 66.9 Å². The molecule has 1 aromatic heterocycles. The number of amides is 1. The van der Waals surface area contributed by atoms with E-state index in [1.165, 1.54) is 28.9 Å². The molecular formula is C26H23ClN4O5. The lowest BCUT2D eigenvalue weighted by molar-refractivity contribution is -0.384. The third kappa shape index (κ3) is 6.00. The second kappa shape index (κ2) is 10.5. The van der Waals surface area contributed by atoms with Gasteiger partial charge in [0.15, 0.2) is 12.4 Å². The number of hydrogen-bond acceptors (Lipinski definition) is 6. The van der Waals surface area contributed by atoms with Gasteiger partial charge in [-0.3, -0.25) is 14.9 Å². The van der Waals surface area contributed by atoms with Gasteiger partial charge in [-0.2, -0.15) is 5.10 Å². The van der Waals surface area contributed by atoms with Crippen LogP contribution in [-0.4, -0.2) is 20.6 Å². The number of aromatic nitrogens is 2. The number of nitro groups is 1.